The molecule has 6 heteroatoms. The first-order valence-electron chi connectivity index (χ1n) is 13.3. The summed E-state index contributed by atoms with van der Waals surface area (Å²) in [6.07, 6.45) is 6.93. The molecule has 2 aromatic carbocycles. The molecule has 0 bridgehead atoms. The van der Waals surface area contributed by atoms with E-state index in [-0.39, 0.29) is 11.5 Å². The minimum Gasteiger partial charge on any atom is -0.508 e. The standard InChI is InChI=1S/C31H36N2O4/c1-3-31(37)17-24(15-21(2)29(36)23-7-5-4-6-8-23)27(32-20-34)18-30(31)13-14-33(19-22-9-10-22)28-12-11-25(35)16-26(28)30/h4-8,11-12,15-16,20,22,35,37H,3,9-10,13-14,17-19H2,1-2H3,(H,32,34)/b21-15+. The van der Waals surface area contributed by atoms with E-state index in [1.54, 1.807) is 31.2 Å². The molecule has 1 spiro atoms. The van der Waals surface area contributed by atoms with E-state index >= 15 is 0 Å². The first kappa shape index (κ1) is 25.3. The van der Waals surface area contributed by atoms with Gasteiger partial charge in [0, 0.05) is 48.3 Å². The van der Waals surface area contributed by atoms with Gasteiger partial charge < -0.3 is 20.4 Å². The lowest BCUT2D eigenvalue weighted by molar-refractivity contribution is -0.109. The number of phenolic OH excluding ortho intramolecular Hbond substituents is 1. The van der Waals surface area contributed by atoms with Crippen LogP contribution in [-0.2, 0) is 10.2 Å². The zero-order valence-corrected chi connectivity index (χ0v) is 21.7. The number of carbonyl (C=O) groups is 2. The highest BCUT2D eigenvalue weighted by atomic mass is 16.3. The number of amides is 1. The molecule has 2 unspecified atom stereocenters. The van der Waals surface area contributed by atoms with Crippen LogP contribution in [0.4, 0.5) is 5.69 Å². The summed E-state index contributed by atoms with van der Waals surface area (Å²) < 4.78 is 0. The summed E-state index contributed by atoms with van der Waals surface area (Å²) in [6.45, 7) is 5.56. The molecule has 6 nitrogen and oxygen atoms in total. The first-order chi connectivity index (χ1) is 17.8. The Kier molecular flexibility index (Phi) is 6.71. The fraction of sp³-hybridized carbons (Fsp3) is 0.419. The van der Waals surface area contributed by atoms with Gasteiger partial charge in [0.1, 0.15) is 5.75 Å². The second kappa shape index (κ2) is 9.82. The van der Waals surface area contributed by atoms with Crippen LogP contribution < -0.4 is 10.2 Å². The van der Waals surface area contributed by atoms with Crippen LogP contribution in [0.5, 0.6) is 5.75 Å². The maximum Gasteiger partial charge on any atom is 0.211 e. The highest BCUT2D eigenvalue weighted by molar-refractivity contribution is 6.08. The van der Waals surface area contributed by atoms with E-state index in [4.69, 9.17) is 0 Å². The third-order valence-corrected chi connectivity index (χ3v) is 8.66. The number of benzene rings is 2. The predicted molar refractivity (Wildman–Crippen MR) is 145 cm³/mol. The molecule has 3 N–H and O–H groups in total. The van der Waals surface area contributed by atoms with Crippen molar-refractivity contribution >= 4 is 17.9 Å². The molecule has 2 aliphatic carbocycles. The van der Waals surface area contributed by atoms with E-state index in [1.165, 1.54) is 12.8 Å². The predicted octanol–water partition coefficient (Wildman–Crippen LogP) is 5.01. The second-order valence-electron chi connectivity index (χ2n) is 11.0. The van der Waals surface area contributed by atoms with E-state index in [1.807, 2.05) is 37.3 Å². The van der Waals surface area contributed by atoms with Crippen molar-refractivity contribution in [3.8, 4) is 5.75 Å². The van der Waals surface area contributed by atoms with Gasteiger partial charge >= 0.3 is 0 Å². The van der Waals surface area contributed by atoms with Crippen LogP contribution in [-0.4, -0.2) is 41.1 Å². The average molecular weight is 501 g/mol. The molecule has 3 aliphatic rings. The van der Waals surface area contributed by atoms with Gasteiger partial charge in [0.25, 0.3) is 0 Å². The number of aromatic hydroxyl groups is 1. The van der Waals surface area contributed by atoms with Crippen molar-refractivity contribution in [1.29, 1.82) is 0 Å². The van der Waals surface area contributed by atoms with Crippen LogP contribution in [0.25, 0.3) is 0 Å². The quantitative estimate of drug-likeness (QED) is 0.269. The Morgan fingerprint density at radius 1 is 1.16 bits per heavy atom. The molecular weight excluding hydrogens is 464 g/mol. The van der Waals surface area contributed by atoms with Gasteiger partial charge in [0.05, 0.1) is 5.60 Å². The van der Waals surface area contributed by atoms with Crippen LogP contribution in [0, 0.1) is 5.92 Å². The van der Waals surface area contributed by atoms with Crippen molar-refractivity contribution in [2.45, 2.75) is 63.4 Å². The second-order valence-corrected chi connectivity index (χ2v) is 11.0. The van der Waals surface area contributed by atoms with Gasteiger partial charge in [0.2, 0.25) is 6.41 Å². The first-order valence-corrected chi connectivity index (χ1v) is 13.3. The average Bonchev–Trinajstić information content (AvgIpc) is 3.73. The van der Waals surface area contributed by atoms with Crippen molar-refractivity contribution in [2.75, 3.05) is 18.0 Å². The summed E-state index contributed by atoms with van der Waals surface area (Å²) >= 11 is 0. The maximum atomic E-state index is 13.1. The maximum absolute atomic E-state index is 13.1. The van der Waals surface area contributed by atoms with Crippen molar-refractivity contribution in [1.82, 2.24) is 5.32 Å². The van der Waals surface area contributed by atoms with E-state index in [0.717, 1.165) is 35.6 Å². The van der Waals surface area contributed by atoms with Gasteiger partial charge in [0.15, 0.2) is 5.78 Å². The molecule has 0 aromatic heterocycles. The van der Waals surface area contributed by atoms with Crippen molar-refractivity contribution in [3.63, 3.8) is 0 Å². The number of phenols is 1. The summed E-state index contributed by atoms with van der Waals surface area (Å²) in [4.78, 5) is 27.2. The Hall–Kier alpha value is -3.38. The lowest BCUT2D eigenvalue weighted by Crippen LogP contribution is -2.58. The fourth-order valence-electron chi connectivity index (χ4n) is 6.36. The summed E-state index contributed by atoms with van der Waals surface area (Å²) in [7, 11) is 0. The topological polar surface area (TPSA) is 89.9 Å². The molecule has 2 aromatic rings. The Bertz CT molecular complexity index is 1260. The fourth-order valence-corrected chi connectivity index (χ4v) is 6.36. The summed E-state index contributed by atoms with van der Waals surface area (Å²) in [5.41, 5.74) is 2.86. The van der Waals surface area contributed by atoms with Gasteiger partial charge in [-0.1, -0.05) is 43.3 Å². The largest absolute Gasteiger partial charge is 0.508 e. The van der Waals surface area contributed by atoms with E-state index in [0.29, 0.717) is 49.1 Å². The lowest BCUT2D eigenvalue weighted by atomic mass is 9.55. The normalized spacial score (nSPS) is 25.7. The van der Waals surface area contributed by atoms with E-state index < -0.39 is 11.0 Å². The van der Waals surface area contributed by atoms with Gasteiger partial charge in [-0.05, 0) is 73.4 Å². The number of nitrogens with one attached hydrogen (secondary N) is 1. The highest BCUT2D eigenvalue weighted by Gasteiger charge is 2.56. The van der Waals surface area contributed by atoms with Gasteiger partial charge in [-0.25, -0.2) is 0 Å². The van der Waals surface area contributed by atoms with Crippen LogP contribution in [0.2, 0.25) is 0 Å². The van der Waals surface area contributed by atoms with Crippen LogP contribution >= 0.6 is 0 Å². The molecule has 1 heterocycles. The summed E-state index contributed by atoms with van der Waals surface area (Å²) in [5, 5.41) is 25.7. The Balaban J connectivity index is 1.59. The van der Waals surface area contributed by atoms with Crippen molar-refractivity contribution < 1.29 is 19.8 Å². The number of ketones is 1. The number of rotatable bonds is 8. The molecular formula is C31H36N2O4. The lowest BCUT2D eigenvalue weighted by Gasteiger charge is -2.55. The zero-order chi connectivity index (χ0) is 26.2. The Morgan fingerprint density at radius 2 is 1.92 bits per heavy atom. The van der Waals surface area contributed by atoms with Crippen LogP contribution in [0.15, 0.2) is 71.5 Å². The molecule has 1 fully saturated rings. The number of hydrogen-bond donors (Lipinski definition) is 3. The zero-order valence-electron chi connectivity index (χ0n) is 21.7. The molecule has 0 saturated heterocycles. The number of nitrogens with zero attached hydrogens (tertiary/aromatic N) is 1. The smallest absolute Gasteiger partial charge is 0.211 e. The number of carbonyl (C=O) groups excluding carboxylic acids is 2. The number of anilines is 1. The molecule has 1 amide bonds. The number of Topliss-reactive ketones (excluding diaryl/α,β-unsaturated/α-hetero) is 1. The van der Waals surface area contributed by atoms with Gasteiger partial charge in [-0.3, -0.25) is 9.59 Å². The third kappa shape index (κ3) is 4.59. The number of allylic oxidation sites excluding steroid dienone is 3. The van der Waals surface area contributed by atoms with Crippen molar-refractivity contribution in [3.05, 3.63) is 82.6 Å². The SMILES string of the molecule is CCC1(O)CC(/C=C(\C)C(=O)c2ccccc2)=C(NC=O)CC12CCN(CC1CC1)c1ccc(O)cc12. The van der Waals surface area contributed by atoms with E-state index in [9.17, 15) is 19.8 Å². The number of fused-ring (bicyclic) bond motifs is 2. The van der Waals surface area contributed by atoms with Gasteiger partial charge in [-0.15, -0.1) is 0 Å². The molecule has 194 valence electrons. The molecule has 37 heavy (non-hydrogen) atoms. The van der Waals surface area contributed by atoms with Crippen LogP contribution in [0.1, 0.15) is 68.3 Å². The Labute approximate surface area is 218 Å². The highest BCUT2D eigenvalue weighted by Crippen LogP contribution is 2.57. The molecule has 1 saturated carbocycles. The van der Waals surface area contributed by atoms with E-state index in [2.05, 4.69) is 10.2 Å². The molecule has 1 aliphatic heterocycles. The van der Waals surface area contributed by atoms with Crippen LogP contribution in [0.3, 0.4) is 0 Å². The minimum atomic E-state index is -1.11. The Morgan fingerprint density at radius 3 is 2.59 bits per heavy atom. The summed E-state index contributed by atoms with van der Waals surface area (Å²) in [6, 6.07) is 14.6. The number of hydrogen-bond acceptors (Lipinski definition) is 5. The molecule has 5 rings (SSSR count). The van der Waals surface area contributed by atoms with Gasteiger partial charge in [-0.2, -0.15) is 0 Å². The molecule has 2 atom stereocenters. The minimum absolute atomic E-state index is 0.0810. The monoisotopic (exact) mass is 500 g/mol. The summed E-state index contributed by atoms with van der Waals surface area (Å²) in [5.74, 6) is 0.803. The number of aliphatic hydroxyl groups is 1. The van der Waals surface area contributed by atoms with Crippen molar-refractivity contribution in [2.24, 2.45) is 5.92 Å². The third-order valence-electron chi connectivity index (χ3n) is 8.66. The molecule has 0 radical (unpaired) electrons.